The third-order valence-electron chi connectivity index (χ3n) is 3.27. The Morgan fingerprint density at radius 1 is 1.37 bits per heavy atom. The lowest BCUT2D eigenvalue weighted by Gasteiger charge is -2.27. The highest BCUT2D eigenvalue weighted by Crippen LogP contribution is 2.17. The molecule has 104 valence electrons. The molecule has 5 nitrogen and oxygen atoms in total. The van der Waals surface area contributed by atoms with Gasteiger partial charge in [-0.2, -0.15) is 0 Å². The minimum atomic E-state index is 0.0244. The zero-order chi connectivity index (χ0) is 13.5. The van der Waals surface area contributed by atoms with Gasteiger partial charge < -0.3 is 20.3 Å². The SMILES string of the molecule is COc1ccccc1CCNC(=O)N1CCNCC1. The van der Waals surface area contributed by atoms with Gasteiger partial charge in [-0.1, -0.05) is 18.2 Å². The maximum absolute atomic E-state index is 11.9. The van der Waals surface area contributed by atoms with E-state index in [0.717, 1.165) is 43.9 Å². The van der Waals surface area contributed by atoms with Gasteiger partial charge in [0.25, 0.3) is 0 Å². The van der Waals surface area contributed by atoms with Gasteiger partial charge in [-0.3, -0.25) is 0 Å². The Kier molecular flexibility index (Phi) is 5.03. The van der Waals surface area contributed by atoms with E-state index in [9.17, 15) is 4.79 Å². The van der Waals surface area contributed by atoms with E-state index in [1.165, 1.54) is 0 Å². The number of urea groups is 1. The molecule has 2 amide bonds. The largest absolute Gasteiger partial charge is 0.496 e. The van der Waals surface area contributed by atoms with Crippen LogP contribution in [0.2, 0.25) is 0 Å². The highest BCUT2D eigenvalue weighted by atomic mass is 16.5. The first-order valence-electron chi connectivity index (χ1n) is 6.66. The van der Waals surface area contributed by atoms with Crippen LogP contribution in [0.3, 0.4) is 0 Å². The summed E-state index contributed by atoms with van der Waals surface area (Å²) in [6.45, 7) is 3.93. The van der Waals surface area contributed by atoms with Crippen molar-refractivity contribution in [2.75, 3.05) is 39.8 Å². The standard InChI is InChI=1S/C14H21N3O2/c1-19-13-5-3-2-4-12(13)6-7-16-14(18)17-10-8-15-9-11-17/h2-5,15H,6-11H2,1H3,(H,16,18). The Balaban J connectivity index is 1.78. The maximum atomic E-state index is 11.9. The molecule has 2 N–H and O–H groups in total. The number of hydrogen-bond donors (Lipinski definition) is 2. The lowest BCUT2D eigenvalue weighted by atomic mass is 10.1. The van der Waals surface area contributed by atoms with E-state index >= 15 is 0 Å². The van der Waals surface area contributed by atoms with Crippen LogP contribution in [0.25, 0.3) is 0 Å². The van der Waals surface area contributed by atoms with Crippen LogP contribution in [0.15, 0.2) is 24.3 Å². The van der Waals surface area contributed by atoms with Crippen LogP contribution in [0.5, 0.6) is 5.75 Å². The fourth-order valence-electron chi connectivity index (χ4n) is 2.19. The third-order valence-corrected chi connectivity index (χ3v) is 3.27. The molecule has 1 aliphatic heterocycles. The molecule has 0 unspecified atom stereocenters. The van der Waals surface area contributed by atoms with Crippen LogP contribution >= 0.6 is 0 Å². The normalized spacial score (nSPS) is 15.1. The lowest BCUT2D eigenvalue weighted by Crippen LogP contribution is -2.50. The summed E-state index contributed by atoms with van der Waals surface area (Å²) in [5.41, 5.74) is 1.12. The monoisotopic (exact) mass is 263 g/mol. The molecule has 1 aliphatic rings. The number of nitrogens with zero attached hydrogens (tertiary/aromatic N) is 1. The molecule has 1 saturated heterocycles. The smallest absolute Gasteiger partial charge is 0.317 e. The number of methoxy groups -OCH3 is 1. The molecule has 1 fully saturated rings. The molecule has 1 aromatic carbocycles. The molecule has 0 spiro atoms. The molecule has 1 heterocycles. The Hall–Kier alpha value is -1.75. The van der Waals surface area contributed by atoms with Gasteiger partial charge in [0, 0.05) is 32.7 Å². The molecule has 0 radical (unpaired) electrons. The quantitative estimate of drug-likeness (QED) is 0.847. The van der Waals surface area contributed by atoms with Crippen molar-refractivity contribution in [3.63, 3.8) is 0 Å². The minimum absolute atomic E-state index is 0.0244. The van der Waals surface area contributed by atoms with Crippen LogP contribution in [0.4, 0.5) is 4.79 Å². The average Bonchev–Trinajstić information content (AvgIpc) is 2.48. The van der Waals surface area contributed by atoms with E-state index in [1.54, 1.807) is 7.11 Å². The minimum Gasteiger partial charge on any atom is -0.496 e. The molecule has 19 heavy (non-hydrogen) atoms. The number of hydrogen-bond acceptors (Lipinski definition) is 3. The zero-order valence-corrected chi connectivity index (χ0v) is 11.3. The van der Waals surface area contributed by atoms with E-state index < -0.39 is 0 Å². The Morgan fingerprint density at radius 3 is 2.84 bits per heavy atom. The van der Waals surface area contributed by atoms with Crippen molar-refractivity contribution in [3.8, 4) is 5.75 Å². The summed E-state index contributed by atoms with van der Waals surface area (Å²) in [5.74, 6) is 0.874. The summed E-state index contributed by atoms with van der Waals surface area (Å²) in [6, 6.07) is 7.91. The van der Waals surface area contributed by atoms with Crippen LogP contribution in [0, 0.1) is 0 Å². The zero-order valence-electron chi connectivity index (χ0n) is 11.3. The van der Waals surface area contributed by atoms with Gasteiger partial charge in [0.15, 0.2) is 0 Å². The average molecular weight is 263 g/mol. The molecular formula is C14H21N3O2. The van der Waals surface area contributed by atoms with Gasteiger partial charge in [0.2, 0.25) is 0 Å². The molecule has 0 atom stereocenters. The van der Waals surface area contributed by atoms with Crippen LogP contribution in [-0.2, 0) is 6.42 Å². The van der Waals surface area contributed by atoms with Gasteiger partial charge in [-0.25, -0.2) is 4.79 Å². The lowest BCUT2D eigenvalue weighted by molar-refractivity contribution is 0.190. The number of carbonyl (C=O) groups is 1. The molecule has 0 aliphatic carbocycles. The van der Waals surface area contributed by atoms with Gasteiger partial charge in [-0.15, -0.1) is 0 Å². The van der Waals surface area contributed by atoms with Crippen molar-refractivity contribution >= 4 is 6.03 Å². The van der Waals surface area contributed by atoms with Gasteiger partial charge in [-0.05, 0) is 18.1 Å². The fraction of sp³-hybridized carbons (Fsp3) is 0.500. The van der Waals surface area contributed by atoms with Gasteiger partial charge in [0.1, 0.15) is 5.75 Å². The number of nitrogens with one attached hydrogen (secondary N) is 2. The second kappa shape index (κ2) is 6.99. The van der Waals surface area contributed by atoms with E-state index in [4.69, 9.17) is 4.74 Å². The van der Waals surface area contributed by atoms with Crippen LogP contribution < -0.4 is 15.4 Å². The van der Waals surface area contributed by atoms with Crippen molar-refractivity contribution in [1.29, 1.82) is 0 Å². The first kappa shape index (κ1) is 13.7. The predicted octanol–water partition coefficient (Wildman–Crippen LogP) is 0.852. The molecular weight excluding hydrogens is 242 g/mol. The number of piperazine rings is 1. The van der Waals surface area contributed by atoms with E-state index in [0.29, 0.717) is 6.54 Å². The number of benzene rings is 1. The van der Waals surface area contributed by atoms with Crippen LogP contribution in [-0.4, -0.2) is 50.8 Å². The molecule has 0 bridgehead atoms. The maximum Gasteiger partial charge on any atom is 0.317 e. The van der Waals surface area contributed by atoms with Crippen molar-refractivity contribution in [2.45, 2.75) is 6.42 Å². The molecule has 0 saturated carbocycles. The number of rotatable bonds is 4. The predicted molar refractivity (Wildman–Crippen MR) is 74.5 cm³/mol. The summed E-state index contributed by atoms with van der Waals surface area (Å²) in [4.78, 5) is 13.7. The molecule has 2 rings (SSSR count). The van der Waals surface area contributed by atoms with Crippen LogP contribution in [0.1, 0.15) is 5.56 Å². The summed E-state index contributed by atoms with van der Waals surface area (Å²) < 4.78 is 5.29. The first-order valence-corrected chi connectivity index (χ1v) is 6.66. The molecule has 0 aromatic heterocycles. The third kappa shape index (κ3) is 3.86. The summed E-state index contributed by atoms with van der Waals surface area (Å²) in [6.07, 6.45) is 0.780. The topological polar surface area (TPSA) is 53.6 Å². The van der Waals surface area contributed by atoms with Gasteiger partial charge >= 0.3 is 6.03 Å². The van der Waals surface area contributed by atoms with Crippen molar-refractivity contribution < 1.29 is 9.53 Å². The highest BCUT2D eigenvalue weighted by Gasteiger charge is 2.15. The summed E-state index contributed by atoms with van der Waals surface area (Å²) >= 11 is 0. The number of ether oxygens (including phenoxy) is 1. The van der Waals surface area contributed by atoms with E-state index in [2.05, 4.69) is 10.6 Å². The van der Waals surface area contributed by atoms with Crippen molar-refractivity contribution in [2.24, 2.45) is 0 Å². The van der Waals surface area contributed by atoms with Crippen molar-refractivity contribution in [1.82, 2.24) is 15.5 Å². The Morgan fingerprint density at radius 2 is 2.11 bits per heavy atom. The summed E-state index contributed by atoms with van der Waals surface area (Å²) in [7, 11) is 1.66. The Bertz CT molecular complexity index is 417. The van der Waals surface area contributed by atoms with E-state index in [-0.39, 0.29) is 6.03 Å². The number of amides is 2. The number of carbonyl (C=O) groups excluding carboxylic acids is 1. The highest BCUT2D eigenvalue weighted by molar-refractivity contribution is 5.74. The molecule has 1 aromatic rings. The first-order chi connectivity index (χ1) is 9.31. The van der Waals surface area contributed by atoms with Gasteiger partial charge in [0.05, 0.1) is 7.11 Å². The second-order valence-electron chi connectivity index (χ2n) is 4.53. The Labute approximate surface area is 113 Å². The summed E-state index contributed by atoms with van der Waals surface area (Å²) in [5, 5.41) is 6.18. The number of para-hydroxylation sites is 1. The van der Waals surface area contributed by atoms with E-state index in [1.807, 2.05) is 29.2 Å². The second-order valence-corrected chi connectivity index (χ2v) is 4.53. The van der Waals surface area contributed by atoms with Crippen molar-refractivity contribution in [3.05, 3.63) is 29.8 Å². The fourth-order valence-corrected chi connectivity index (χ4v) is 2.19. The molecule has 5 heteroatoms.